The predicted molar refractivity (Wildman–Crippen MR) is 99.9 cm³/mol. The fourth-order valence-corrected chi connectivity index (χ4v) is 3.87. The molecule has 0 radical (unpaired) electrons. The number of halogens is 2. The average Bonchev–Trinajstić information content (AvgIpc) is 3.23. The van der Waals surface area contributed by atoms with Gasteiger partial charge in [-0.1, -0.05) is 12.1 Å². The molecule has 1 saturated heterocycles. The third-order valence-electron chi connectivity index (χ3n) is 5.67. The maximum absolute atomic E-state index is 13.6. The Morgan fingerprint density at radius 2 is 2.00 bits per heavy atom. The molecule has 26 heavy (non-hydrogen) atoms. The molecular formula is C19H24ClFN4O. The Kier molecular flexibility index (Phi) is 5.34. The molecule has 0 spiro atoms. The number of nitrogens with zero attached hydrogens (tertiary/aromatic N) is 2. The van der Waals surface area contributed by atoms with Crippen LogP contribution < -0.4 is 10.6 Å². The molecule has 1 aliphatic carbocycles. The van der Waals surface area contributed by atoms with Crippen LogP contribution in [-0.4, -0.2) is 35.3 Å². The molecule has 4 rings (SSSR count). The van der Waals surface area contributed by atoms with Crippen molar-refractivity contribution in [3.8, 4) is 0 Å². The second-order valence-electron chi connectivity index (χ2n) is 7.21. The highest BCUT2D eigenvalue weighted by Crippen LogP contribution is 2.47. The third kappa shape index (κ3) is 3.35. The van der Waals surface area contributed by atoms with Gasteiger partial charge in [-0.2, -0.15) is 5.10 Å². The van der Waals surface area contributed by atoms with E-state index in [0.29, 0.717) is 19.4 Å². The van der Waals surface area contributed by atoms with Gasteiger partial charge < -0.3 is 10.6 Å². The minimum atomic E-state index is -0.632. The van der Waals surface area contributed by atoms with Crippen LogP contribution >= 0.6 is 12.4 Å². The highest BCUT2D eigenvalue weighted by atomic mass is 35.5. The zero-order chi connectivity index (χ0) is 17.3. The van der Waals surface area contributed by atoms with E-state index in [0.717, 1.165) is 31.5 Å². The van der Waals surface area contributed by atoms with Crippen LogP contribution in [0, 0.1) is 5.82 Å². The molecule has 0 bridgehead atoms. The summed E-state index contributed by atoms with van der Waals surface area (Å²) in [6, 6.07) is 8.60. The van der Waals surface area contributed by atoms with E-state index in [1.165, 1.54) is 6.07 Å². The molecule has 1 amide bonds. The van der Waals surface area contributed by atoms with E-state index in [1.54, 1.807) is 23.0 Å². The Balaban J connectivity index is 0.00000196. The Hall–Kier alpha value is -1.92. The van der Waals surface area contributed by atoms with Crippen molar-refractivity contribution in [3.05, 3.63) is 54.1 Å². The summed E-state index contributed by atoms with van der Waals surface area (Å²) in [4.78, 5) is 13.1. The van der Waals surface area contributed by atoms with E-state index >= 15 is 0 Å². The zero-order valence-corrected chi connectivity index (χ0v) is 15.4. The van der Waals surface area contributed by atoms with E-state index in [9.17, 15) is 9.18 Å². The molecule has 2 aromatic rings. The fraction of sp³-hybridized carbons (Fsp3) is 0.474. The maximum atomic E-state index is 13.6. The number of piperidine rings is 1. The Bertz CT molecular complexity index is 755. The second-order valence-corrected chi connectivity index (χ2v) is 7.21. The number of carbonyl (C=O) groups is 1. The van der Waals surface area contributed by atoms with Gasteiger partial charge in [-0.25, -0.2) is 4.39 Å². The monoisotopic (exact) mass is 378 g/mol. The average molecular weight is 379 g/mol. The van der Waals surface area contributed by atoms with Crippen molar-refractivity contribution in [2.24, 2.45) is 0 Å². The van der Waals surface area contributed by atoms with Gasteiger partial charge in [-0.3, -0.25) is 9.48 Å². The topological polar surface area (TPSA) is 59.0 Å². The predicted octanol–water partition coefficient (Wildman–Crippen LogP) is 2.37. The largest absolute Gasteiger partial charge is 0.353 e. The third-order valence-corrected chi connectivity index (χ3v) is 5.67. The molecule has 2 fully saturated rings. The summed E-state index contributed by atoms with van der Waals surface area (Å²) >= 11 is 0. The summed E-state index contributed by atoms with van der Waals surface area (Å²) in [6.07, 6.45) is 6.97. The van der Waals surface area contributed by atoms with Crippen molar-refractivity contribution >= 4 is 18.3 Å². The Labute approximate surface area is 158 Å². The first-order valence-corrected chi connectivity index (χ1v) is 8.90. The van der Waals surface area contributed by atoms with Gasteiger partial charge in [0.1, 0.15) is 11.4 Å². The number of hydrogen-bond donors (Lipinski definition) is 2. The number of hydrogen-bond acceptors (Lipinski definition) is 3. The highest BCUT2D eigenvalue weighted by Gasteiger charge is 2.47. The summed E-state index contributed by atoms with van der Waals surface area (Å²) in [6.45, 7) is 2.14. The molecule has 5 nitrogen and oxygen atoms in total. The minimum Gasteiger partial charge on any atom is -0.353 e. The van der Waals surface area contributed by atoms with Crippen molar-refractivity contribution in [2.75, 3.05) is 19.6 Å². The zero-order valence-electron chi connectivity index (χ0n) is 14.6. The van der Waals surface area contributed by atoms with Crippen molar-refractivity contribution < 1.29 is 9.18 Å². The van der Waals surface area contributed by atoms with Gasteiger partial charge in [0.05, 0.1) is 0 Å². The van der Waals surface area contributed by atoms with E-state index in [2.05, 4.69) is 15.7 Å². The summed E-state index contributed by atoms with van der Waals surface area (Å²) in [5.74, 6) is -0.207. The molecule has 2 N–H and O–H groups in total. The Morgan fingerprint density at radius 1 is 1.23 bits per heavy atom. The van der Waals surface area contributed by atoms with Crippen LogP contribution in [0.1, 0.15) is 31.2 Å². The molecule has 2 heterocycles. The van der Waals surface area contributed by atoms with E-state index in [4.69, 9.17) is 0 Å². The van der Waals surface area contributed by atoms with Gasteiger partial charge >= 0.3 is 0 Å². The first kappa shape index (κ1) is 18.9. The van der Waals surface area contributed by atoms with Gasteiger partial charge in [0.15, 0.2) is 0 Å². The first-order chi connectivity index (χ1) is 12.1. The van der Waals surface area contributed by atoms with E-state index in [1.807, 2.05) is 18.3 Å². The van der Waals surface area contributed by atoms with Crippen LogP contribution in [0.4, 0.5) is 4.39 Å². The molecule has 1 saturated carbocycles. The van der Waals surface area contributed by atoms with Crippen LogP contribution in [0.3, 0.4) is 0 Å². The molecule has 1 aromatic carbocycles. The SMILES string of the molecule is Cl.O=C(NCC1(c2cccc(F)c2)CC1)C1(n2cccn2)CCNCC1. The van der Waals surface area contributed by atoms with Crippen LogP contribution in [0.25, 0.3) is 0 Å². The van der Waals surface area contributed by atoms with Crippen molar-refractivity contribution in [1.29, 1.82) is 0 Å². The molecule has 7 heteroatoms. The summed E-state index contributed by atoms with van der Waals surface area (Å²) in [7, 11) is 0. The van der Waals surface area contributed by atoms with Crippen molar-refractivity contribution in [2.45, 2.75) is 36.6 Å². The molecule has 1 aliphatic heterocycles. The van der Waals surface area contributed by atoms with Crippen molar-refractivity contribution in [3.63, 3.8) is 0 Å². The van der Waals surface area contributed by atoms with Crippen LogP contribution in [-0.2, 0) is 15.7 Å². The Morgan fingerprint density at radius 3 is 2.62 bits per heavy atom. The first-order valence-electron chi connectivity index (χ1n) is 8.90. The van der Waals surface area contributed by atoms with E-state index in [-0.39, 0.29) is 29.5 Å². The van der Waals surface area contributed by atoms with E-state index < -0.39 is 5.54 Å². The smallest absolute Gasteiger partial charge is 0.248 e. The summed E-state index contributed by atoms with van der Waals surface area (Å²) in [5.41, 5.74) is 0.231. The van der Waals surface area contributed by atoms with Gasteiger partial charge in [0, 0.05) is 24.4 Å². The number of rotatable bonds is 5. The van der Waals surface area contributed by atoms with Gasteiger partial charge in [0.2, 0.25) is 5.91 Å². The quantitative estimate of drug-likeness (QED) is 0.839. The molecule has 1 aromatic heterocycles. The normalized spacial score (nSPS) is 20.0. The number of amides is 1. The number of nitrogens with one attached hydrogen (secondary N) is 2. The fourth-order valence-electron chi connectivity index (χ4n) is 3.87. The van der Waals surface area contributed by atoms with Crippen molar-refractivity contribution in [1.82, 2.24) is 20.4 Å². The van der Waals surface area contributed by atoms with Crippen LogP contribution in [0.5, 0.6) is 0 Å². The molecule has 2 aliphatic rings. The summed E-state index contributed by atoms with van der Waals surface area (Å²) < 4.78 is 15.4. The molecule has 0 unspecified atom stereocenters. The van der Waals surface area contributed by atoms with Gasteiger partial charge in [0.25, 0.3) is 0 Å². The highest BCUT2D eigenvalue weighted by molar-refractivity contribution is 5.85. The van der Waals surface area contributed by atoms with Crippen LogP contribution in [0.2, 0.25) is 0 Å². The van der Waals surface area contributed by atoms with Gasteiger partial charge in [-0.05, 0) is 62.5 Å². The van der Waals surface area contributed by atoms with Gasteiger partial charge in [-0.15, -0.1) is 12.4 Å². The molecule has 140 valence electrons. The number of carbonyl (C=O) groups excluding carboxylic acids is 1. The minimum absolute atomic E-state index is 0. The standard InChI is InChI=1S/C19H23FN4O.ClH/c20-16-4-1-3-15(13-16)18(5-6-18)14-22-17(25)19(7-10-21-11-8-19)24-12-2-9-23-24;/h1-4,9,12-13,21H,5-8,10-11,14H2,(H,22,25);1H. The lowest BCUT2D eigenvalue weighted by molar-refractivity contribution is -0.132. The lowest BCUT2D eigenvalue weighted by Crippen LogP contribution is -2.55. The maximum Gasteiger partial charge on any atom is 0.248 e. The lowest BCUT2D eigenvalue weighted by atomic mass is 9.86. The number of aromatic nitrogens is 2. The molecule has 0 atom stereocenters. The second kappa shape index (κ2) is 7.37. The number of benzene rings is 1. The van der Waals surface area contributed by atoms with Crippen LogP contribution in [0.15, 0.2) is 42.7 Å². The summed E-state index contributed by atoms with van der Waals surface area (Å²) in [5, 5.41) is 10.8. The lowest BCUT2D eigenvalue weighted by Gasteiger charge is -2.37. The molecular weight excluding hydrogens is 355 g/mol.